The predicted molar refractivity (Wildman–Crippen MR) is 107 cm³/mol. The van der Waals surface area contributed by atoms with Crippen LogP contribution >= 0.6 is 0 Å². The fraction of sp³-hybridized carbons (Fsp3) is 0.435. The third kappa shape index (κ3) is 3.41. The third-order valence-corrected chi connectivity index (χ3v) is 5.15. The van der Waals surface area contributed by atoms with E-state index in [1.165, 1.54) is 0 Å². The number of phenolic OH excluding ortho intramolecular Hbond substituents is 1. The fourth-order valence-electron chi connectivity index (χ4n) is 3.80. The standard InChI is InChI=1S/C23H28O4/c1-6-7-8-9-15-13-18-20(21(24)19(15)22(25)26-5)16-12-14(2)10-11-17(16)23(3,4)27-18/h10-13,24H,6-9H2,1-5H3/i5D3. The number of hydrogen-bond acceptors (Lipinski definition) is 4. The summed E-state index contributed by atoms with van der Waals surface area (Å²) in [6.45, 7) is 7.92. The van der Waals surface area contributed by atoms with Gasteiger partial charge in [0.1, 0.15) is 22.7 Å². The van der Waals surface area contributed by atoms with E-state index in [0.717, 1.165) is 36.0 Å². The Balaban J connectivity index is 2.23. The van der Waals surface area contributed by atoms with Crippen molar-refractivity contribution in [2.24, 2.45) is 0 Å². The zero-order chi connectivity index (χ0) is 22.3. The number of aromatic hydroxyl groups is 1. The first-order valence-electron chi connectivity index (χ1n) is 10.9. The Kier molecular flexibility index (Phi) is 4.18. The second kappa shape index (κ2) is 7.26. The number of carbonyl (C=O) groups excluding carboxylic acids is 1. The van der Waals surface area contributed by atoms with E-state index in [0.29, 0.717) is 23.3 Å². The molecule has 4 nitrogen and oxygen atoms in total. The molecule has 1 heterocycles. The van der Waals surface area contributed by atoms with Gasteiger partial charge in [-0.15, -0.1) is 0 Å². The molecule has 1 aliphatic rings. The quantitative estimate of drug-likeness (QED) is 0.556. The molecule has 0 radical (unpaired) electrons. The van der Waals surface area contributed by atoms with Crippen LogP contribution in [-0.2, 0) is 16.8 Å². The number of unbranched alkanes of at least 4 members (excludes halogenated alkanes) is 2. The number of fused-ring (bicyclic) bond motifs is 3. The maximum atomic E-state index is 12.7. The van der Waals surface area contributed by atoms with E-state index >= 15 is 0 Å². The maximum Gasteiger partial charge on any atom is 0.341 e. The molecule has 0 aromatic heterocycles. The lowest BCUT2D eigenvalue weighted by Gasteiger charge is -2.36. The molecule has 0 saturated carbocycles. The largest absolute Gasteiger partial charge is 0.506 e. The van der Waals surface area contributed by atoms with Gasteiger partial charge in [-0.05, 0) is 50.8 Å². The van der Waals surface area contributed by atoms with E-state index < -0.39 is 18.6 Å². The smallest absolute Gasteiger partial charge is 0.341 e. The van der Waals surface area contributed by atoms with Crippen LogP contribution in [0.2, 0.25) is 0 Å². The van der Waals surface area contributed by atoms with Crippen molar-refractivity contribution in [1.29, 1.82) is 0 Å². The first kappa shape index (κ1) is 15.6. The van der Waals surface area contributed by atoms with Crippen LogP contribution in [0.25, 0.3) is 11.1 Å². The van der Waals surface area contributed by atoms with Crippen LogP contribution in [0.1, 0.15) is 71.2 Å². The molecule has 0 spiro atoms. The van der Waals surface area contributed by atoms with Gasteiger partial charge in [0, 0.05) is 5.56 Å². The molecule has 0 fully saturated rings. The molecular formula is C23H28O4. The van der Waals surface area contributed by atoms with Crippen molar-refractivity contribution in [1.82, 2.24) is 0 Å². The minimum absolute atomic E-state index is 0.100. The molecule has 0 aliphatic carbocycles. The van der Waals surface area contributed by atoms with Gasteiger partial charge in [-0.25, -0.2) is 4.79 Å². The molecule has 0 amide bonds. The van der Waals surface area contributed by atoms with Crippen molar-refractivity contribution < 1.29 is 23.5 Å². The second-order valence-corrected chi connectivity index (χ2v) is 7.64. The Labute approximate surface area is 165 Å². The number of esters is 1. The Morgan fingerprint density at radius 2 is 2.07 bits per heavy atom. The Hall–Kier alpha value is -2.49. The van der Waals surface area contributed by atoms with E-state index in [-0.39, 0.29) is 11.3 Å². The highest BCUT2D eigenvalue weighted by molar-refractivity contribution is 5.99. The fourth-order valence-corrected chi connectivity index (χ4v) is 3.80. The summed E-state index contributed by atoms with van der Waals surface area (Å²) < 4.78 is 32.8. The summed E-state index contributed by atoms with van der Waals surface area (Å²) in [7, 11) is -2.90. The summed E-state index contributed by atoms with van der Waals surface area (Å²) in [6, 6.07) is 7.60. The average Bonchev–Trinajstić information content (AvgIpc) is 2.59. The molecule has 4 heteroatoms. The van der Waals surface area contributed by atoms with Crippen LogP contribution in [-0.4, -0.2) is 18.1 Å². The van der Waals surface area contributed by atoms with Gasteiger partial charge in [0.25, 0.3) is 0 Å². The normalized spacial score (nSPS) is 16.2. The highest BCUT2D eigenvalue weighted by atomic mass is 16.5. The molecule has 2 aromatic carbocycles. The predicted octanol–water partition coefficient (Wildman–Crippen LogP) is 5.51. The number of carbonyl (C=O) groups is 1. The molecule has 2 aromatic rings. The van der Waals surface area contributed by atoms with Crippen molar-refractivity contribution >= 4 is 5.97 Å². The third-order valence-electron chi connectivity index (χ3n) is 5.15. The first-order chi connectivity index (χ1) is 13.9. The minimum atomic E-state index is -2.90. The lowest BCUT2D eigenvalue weighted by Crippen LogP contribution is -2.29. The minimum Gasteiger partial charge on any atom is -0.506 e. The number of methoxy groups -OCH3 is 1. The van der Waals surface area contributed by atoms with E-state index in [1.54, 1.807) is 6.07 Å². The Morgan fingerprint density at radius 1 is 1.30 bits per heavy atom. The SMILES string of the molecule is [2H]C([2H])([2H])OC(=O)c1c(CCCCC)cc2c(c1O)-c1cc(C)ccc1C(C)(C)O2. The van der Waals surface area contributed by atoms with Gasteiger partial charge >= 0.3 is 5.97 Å². The van der Waals surface area contributed by atoms with Crippen molar-refractivity contribution in [3.05, 3.63) is 46.5 Å². The molecule has 0 bridgehead atoms. The van der Waals surface area contributed by atoms with Crippen LogP contribution in [0.4, 0.5) is 0 Å². The summed E-state index contributed by atoms with van der Waals surface area (Å²) in [4.78, 5) is 12.7. The molecule has 0 saturated heterocycles. The highest BCUT2D eigenvalue weighted by Crippen LogP contribution is 2.51. The van der Waals surface area contributed by atoms with Gasteiger partial charge in [-0.1, -0.05) is 43.5 Å². The van der Waals surface area contributed by atoms with Crippen molar-refractivity contribution in [3.8, 4) is 22.6 Å². The van der Waals surface area contributed by atoms with Gasteiger partial charge in [0.2, 0.25) is 0 Å². The Bertz CT molecular complexity index is 977. The first-order valence-corrected chi connectivity index (χ1v) is 9.37. The van der Waals surface area contributed by atoms with Gasteiger partial charge in [-0.2, -0.15) is 0 Å². The van der Waals surface area contributed by atoms with E-state index in [2.05, 4.69) is 11.7 Å². The summed E-state index contributed by atoms with van der Waals surface area (Å²) in [5.41, 5.74) is 2.84. The number of aryl methyl sites for hydroxylation is 2. The van der Waals surface area contributed by atoms with Gasteiger partial charge < -0.3 is 14.6 Å². The molecule has 144 valence electrons. The molecular weight excluding hydrogens is 340 g/mol. The number of hydrogen-bond donors (Lipinski definition) is 1. The van der Waals surface area contributed by atoms with E-state index in [4.69, 9.17) is 8.85 Å². The van der Waals surface area contributed by atoms with Gasteiger partial charge in [0.15, 0.2) is 0 Å². The molecule has 0 atom stereocenters. The van der Waals surface area contributed by atoms with Crippen LogP contribution in [0.5, 0.6) is 11.5 Å². The monoisotopic (exact) mass is 371 g/mol. The zero-order valence-corrected chi connectivity index (χ0v) is 16.3. The van der Waals surface area contributed by atoms with Crippen LogP contribution in [0, 0.1) is 6.92 Å². The highest BCUT2D eigenvalue weighted by Gasteiger charge is 2.36. The van der Waals surface area contributed by atoms with Crippen molar-refractivity contribution in [2.75, 3.05) is 7.04 Å². The molecule has 3 rings (SSSR count). The molecule has 1 aliphatic heterocycles. The zero-order valence-electron chi connectivity index (χ0n) is 19.3. The van der Waals surface area contributed by atoms with Gasteiger partial charge in [-0.3, -0.25) is 0 Å². The molecule has 27 heavy (non-hydrogen) atoms. The summed E-state index contributed by atoms with van der Waals surface area (Å²) in [5.74, 6) is -0.871. The number of ether oxygens (including phenoxy) is 2. The maximum absolute atomic E-state index is 12.7. The molecule has 1 N–H and O–H groups in total. The number of phenols is 1. The molecule has 0 unspecified atom stereocenters. The van der Waals surface area contributed by atoms with Crippen LogP contribution < -0.4 is 4.74 Å². The van der Waals surface area contributed by atoms with E-state index in [9.17, 15) is 9.90 Å². The van der Waals surface area contributed by atoms with Crippen LogP contribution in [0.3, 0.4) is 0 Å². The van der Waals surface area contributed by atoms with E-state index in [1.807, 2.05) is 39.0 Å². The Morgan fingerprint density at radius 3 is 2.78 bits per heavy atom. The number of rotatable bonds is 5. The van der Waals surface area contributed by atoms with Crippen molar-refractivity contribution in [3.63, 3.8) is 0 Å². The van der Waals surface area contributed by atoms with Crippen molar-refractivity contribution in [2.45, 2.75) is 59.0 Å². The lowest BCUT2D eigenvalue weighted by molar-refractivity contribution is 0.0595. The summed E-state index contributed by atoms with van der Waals surface area (Å²) >= 11 is 0. The van der Waals surface area contributed by atoms with Gasteiger partial charge in [0.05, 0.1) is 16.7 Å². The number of benzene rings is 2. The average molecular weight is 371 g/mol. The summed E-state index contributed by atoms with van der Waals surface area (Å²) in [6.07, 6.45) is 3.23. The topological polar surface area (TPSA) is 55.8 Å². The van der Waals surface area contributed by atoms with Crippen LogP contribution in [0.15, 0.2) is 24.3 Å². The summed E-state index contributed by atoms with van der Waals surface area (Å²) in [5, 5.41) is 11.2. The lowest BCUT2D eigenvalue weighted by atomic mass is 9.83. The second-order valence-electron chi connectivity index (χ2n) is 7.64.